The van der Waals surface area contributed by atoms with Crippen molar-refractivity contribution < 1.29 is 14.6 Å². The highest BCUT2D eigenvalue weighted by molar-refractivity contribution is 7.13. The van der Waals surface area contributed by atoms with Gasteiger partial charge in [0.05, 0.1) is 35.7 Å². The first-order valence-corrected chi connectivity index (χ1v) is 8.40. The highest BCUT2D eigenvalue weighted by atomic mass is 32.1. The minimum absolute atomic E-state index is 0.0292. The first-order chi connectivity index (χ1) is 11.7. The number of aromatic nitrogens is 3. The number of hydrogen-bond acceptors (Lipinski definition) is 6. The van der Waals surface area contributed by atoms with Gasteiger partial charge < -0.3 is 9.84 Å². The number of carbonyl (C=O) groups is 1. The third-order valence-corrected chi connectivity index (χ3v) is 4.59. The topological polar surface area (TPSA) is 77.2 Å². The van der Waals surface area contributed by atoms with E-state index in [4.69, 9.17) is 4.74 Å². The fraction of sp³-hybridized carbons (Fsp3) is 0.235. The first kappa shape index (κ1) is 16.4. The van der Waals surface area contributed by atoms with Crippen LogP contribution >= 0.6 is 11.3 Å². The number of aliphatic hydroxyl groups excluding tert-OH is 1. The van der Waals surface area contributed by atoms with Crippen LogP contribution in [0.2, 0.25) is 0 Å². The molecule has 124 valence electrons. The van der Waals surface area contributed by atoms with Crippen LogP contribution in [0.15, 0.2) is 35.8 Å². The zero-order valence-corrected chi connectivity index (χ0v) is 14.2. The van der Waals surface area contributed by atoms with Crippen LogP contribution in [0.5, 0.6) is 0 Å². The number of thiophene rings is 1. The summed E-state index contributed by atoms with van der Waals surface area (Å²) in [4.78, 5) is 17.5. The van der Waals surface area contributed by atoms with Gasteiger partial charge in [0.1, 0.15) is 5.56 Å². The standard InChI is InChI=1S/C17H17N3O3S/c1-3-23-17(22)13-9-18-20(11(13)2)15-6-4-5-14(19-15)16-12(10-21)7-8-24-16/h4-9,21H,3,10H2,1-2H3. The normalized spacial score (nSPS) is 10.8. The summed E-state index contributed by atoms with van der Waals surface area (Å²) in [5.41, 5.74) is 2.70. The van der Waals surface area contributed by atoms with Crippen molar-refractivity contribution in [2.24, 2.45) is 0 Å². The summed E-state index contributed by atoms with van der Waals surface area (Å²) in [7, 11) is 0. The zero-order valence-electron chi connectivity index (χ0n) is 13.4. The van der Waals surface area contributed by atoms with Crippen LogP contribution < -0.4 is 0 Å². The summed E-state index contributed by atoms with van der Waals surface area (Å²) >= 11 is 1.53. The molecule has 0 spiro atoms. The van der Waals surface area contributed by atoms with Crippen molar-refractivity contribution in [2.45, 2.75) is 20.5 Å². The predicted molar refractivity (Wildman–Crippen MR) is 91.3 cm³/mol. The van der Waals surface area contributed by atoms with E-state index in [2.05, 4.69) is 10.1 Å². The molecular formula is C17H17N3O3S. The van der Waals surface area contributed by atoms with E-state index in [1.807, 2.05) is 29.6 Å². The molecule has 0 unspecified atom stereocenters. The quantitative estimate of drug-likeness (QED) is 0.721. The molecule has 0 fully saturated rings. The molecule has 3 aromatic rings. The number of esters is 1. The van der Waals surface area contributed by atoms with Crippen LogP contribution in [0.3, 0.4) is 0 Å². The SMILES string of the molecule is CCOC(=O)c1cnn(-c2cccc(-c3sccc3CO)n2)c1C. The Kier molecular flexibility index (Phi) is 4.73. The van der Waals surface area contributed by atoms with Crippen molar-refractivity contribution >= 4 is 17.3 Å². The maximum Gasteiger partial charge on any atom is 0.341 e. The molecule has 1 N–H and O–H groups in total. The van der Waals surface area contributed by atoms with Crippen molar-refractivity contribution in [2.75, 3.05) is 6.61 Å². The van der Waals surface area contributed by atoms with Crippen LogP contribution in [-0.4, -0.2) is 32.4 Å². The minimum Gasteiger partial charge on any atom is -0.462 e. The Hall–Kier alpha value is -2.51. The molecule has 6 nitrogen and oxygen atoms in total. The monoisotopic (exact) mass is 343 g/mol. The summed E-state index contributed by atoms with van der Waals surface area (Å²) in [5, 5.41) is 15.6. The Balaban J connectivity index is 2.00. The van der Waals surface area contributed by atoms with E-state index in [1.54, 1.807) is 18.5 Å². The lowest BCUT2D eigenvalue weighted by Gasteiger charge is -2.07. The Morgan fingerprint density at radius 3 is 2.96 bits per heavy atom. The maximum atomic E-state index is 11.9. The number of hydrogen-bond donors (Lipinski definition) is 1. The maximum absolute atomic E-state index is 11.9. The van der Waals surface area contributed by atoms with Crippen LogP contribution in [0.1, 0.15) is 28.5 Å². The molecule has 0 bridgehead atoms. The second kappa shape index (κ2) is 6.94. The van der Waals surface area contributed by atoms with Crippen molar-refractivity contribution in [3.05, 3.63) is 52.7 Å². The van der Waals surface area contributed by atoms with E-state index < -0.39 is 5.97 Å². The summed E-state index contributed by atoms with van der Waals surface area (Å²) in [6.45, 7) is 3.86. The molecule has 0 radical (unpaired) electrons. The fourth-order valence-corrected chi connectivity index (χ4v) is 3.29. The van der Waals surface area contributed by atoms with Crippen LogP contribution in [0.25, 0.3) is 16.4 Å². The highest BCUT2D eigenvalue weighted by Crippen LogP contribution is 2.29. The third-order valence-electron chi connectivity index (χ3n) is 3.61. The molecular weight excluding hydrogens is 326 g/mol. The average molecular weight is 343 g/mol. The van der Waals surface area contributed by atoms with Crippen molar-refractivity contribution in [1.29, 1.82) is 0 Å². The Morgan fingerprint density at radius 1 is 1.38 bits per heavy atom. The Bertz CT molecular complexity index is 870. The number of carbonyl (C=O) groups excluding carboxylic acids is 1. The molecule has 0 atom stereocenters. The summed E-state index contributed by atoms with van der Waals surface area (Å²) in [6, 6.07) is 7.47. The molecule has 0 saturated heterocycles. The fourth-order valence-electron chi connectivity index (χ4n) is 2.40. The summed E-state index contributed by atoms with van der Waals surface area (Å²) < 4.78 is 6.65. The van der Waals surface area contributed by atoms with Crippen LogP contribution in [0.4, 0.5) is 0 Å². The lowest BCUT2D eigenvalue weighted by atomic mass is 10.2. The van der Waals surface area contributed by atoms with E-state index >= 15 is 0 Å². The molecule has 3 heterocycles. The molecule has 0 aliphatic carbocycles. The van der Waals surface area contributed by atoms with Gasteiger partial charge in [0, 0.05) is 0 Å². The second-order valence-electron chi connectivity index (χ2n) is 5.09. The number of pyridine rings is 1. The van der Waals surface area contributed by atoms with E-state index in [0.717, 1.165) is 16.1 Å². The zero-order chi connectivity index (χ0) is 17.1. The Morgan fingerprint density at radius 2 is 2.21 bits per heavy atom. The average Bonchev–Trinajstić information content (AvgIpc) is 3.21. The molecule has 3 rings (SSSR count). The van der Waals surface area contributed by atoms with Gasteiger partial charge in [-0.15, -0.1) is 11.3 Å². The molecule has 0 aromatic carbocycles. The van der Waals surface area contributed by atoms with Crippen LogP contribution in [0, 0.1) is 6.92 Å². The van der Waals surface area contributed by atoms with Crippen molar-refractivity contribution in [3.63, 3.8) is 0 Å². The van der Waals surface area contributed by atoms with E-state index in [-0.39, 0.29) is 6.61 Å². The lowest BCUT2D eigenvalue weighted by Crippen LogP contribution is -2.07. The largest absolute Gasteiger partial charge is 0.462 e. The molecule has 7 heteroatoms. The highest BCUT2D eigenvalue weighted by Gasteiger charge is 2.17. The number of nitrogens with zero attached hydrogens (tertiary/aromatic N) is 3. The van der Waals surface area contributed by atoms with Gasteiger partial charge in [0.15, 0.2) is 5.82 Å². The number of aliphatic hydroxyl groups is 1. The molecule has 24 heavy (non-hydrogen) atoms. The van der Waals surface area contributed by atoms with Crippen LogP contribution in [-0.2, 0) is 11.3 Å². The Labute approximate surface area is 143 Å². The van der Waals surface area contributed by atoms with Gasteiger partial charge in [-0.3, -0.25) is 0 Å². The van der Waals surface area contributed by atoms with E-state index in [0.29, 0.717) is 23.7 Å². The van der Waals surface area contributed by atoms with Crippen molar-refractivity contribution in [3.8, 4) is 16.4 Å². The van der Waals surface area contributed by atoms with Gasteiger partial charge in [-0.25, -0.2) is 14.5 Å². The minimum atomic E-state index is -0.391. The third kappa shape index (κ3) is 2.95. The van der Waals surface area contributed by atoms with E-state index in [9.17, 15) is 9.90 Å². The molecule has 0 aliphatic rings. The lowest BCUT2D eigenvalue weighted by molar-refractivity contribution is 0.0525. The first-order valence-electron chi connectivity index (χ1n) is 7.52. The smallest absolute Gasteiger partial charge is 0.341 e. The van der Waals surface area contributed by atoms with Gasteiger partial charge in [-0.1, -0.05) is 6.07 Å². The summed E-state index contributed by atoms with van der Waals surface area (Å²) in [6.07, 6.45) is 1.49. The molecule has 0 aliphatic heterocycles. The summed E-state index contributed by atoms with van der Waals surface area (Å²) in [5.74, 6) is 0.219. The molecule has 3 aromatic heterocycles. The predicted octanol–water partition coefficient (Wildman–Crippen LogP) is 2.97. The number of ether oxygens (including phenoxy) is 1. The van der Waals surface area contributed by atoms with Gasteiger partial charge in [-0.2, -0.15) is 5.10 Å². The molecule has 0 saturated carbocycles. The van der Waals surface area contributed by atoms with Crippen molar-refractivity contribution in [1.82, 2.24) is 14.8 Å². The molecule has 0 amide bonds. The van der Waals surface area contributed by atoms with E-state index in [1.165, 1.54) is 17.5 Å². The van der Waals surface area contributed by atoms with Gasteiger partial charge in [0.25, 0.3) is 0 Å². The second-order valence-corrected chi connectivity index (χ2v) is 6.01. The number of rotatable bonds is 5. The van der Waals surface area contributed by atoms with Gasteiger partial charge in [-0.05, 0) is 43.0 Å². The van der Waals surface area contributed by atoms with Gasteiger partial charge in [0.2, 0.25) is 0 Å². The van der Waals surface area contributed by atoms with Gasteiger partial charge >= 0.3 is 5.97 Å².